The molecule has 0 fully saturated rings. The minimum absolute atomic E-state index is 0.0989. The van der Waals surface area contributed by atoms with Crippen molar-refractivity contribution in [3.05, 3.63) is 200 Å². The predicted octanol–water partition coefficient (Wildman–Crippen LogP) is 14.4. The van der Waals surface area contributed by atoms with Crippen LogP contribution >= 0.6 is 0 Å². The summed E-state index contributed by atoms with van der Waals surface area (Å²) in [4.78, 5) is 1.89. The van der Waals surface area contributed by atoms with Crippen LogP contribution in [0.25, 0.3) is 76.9 Å². The summed E-state index contributed by atoms with van der Waals surface area (Å²) in [7, 11) is 0. The standard InChI is InChI=1S/C50H33NO/c1-2-12-34(13-3-1)35-24-28-38(29-25-35)51(39-30-26-37(27-31-39)41-19-10-15-36-14-4-5-16-40(36)41)48-22-8-6-17-44(48)42-20-11-21-46-43(42)32-33-47-45-18-7-9-23-49(45)52-50(46)47/h1-33H/i26D,27D,30D,31D. The number of anilines is 3. The minimum Gasteiger partial charge on any atom is -0.455 e. The highest BCUT2D eigenvalue weighted by Gasteiger charge is 2.20. The first-order valence-electron chi connectivity index (χ1n) is 19.4. The molecule has 52 heavy (non-hydrogen) atoms. The maximum Gasteiger partial charge on any atom is 0.143 e. The van der Waals surface area contributed by atoms with Crippen molar-refractivity contribution >= 4 is 60.5 Å². The van der Waals surface area contributed by atoms with E-state index in [-0.39, 0.29) is 35.4 Å². The average Bonchev–Trinajstić information content (AvgIpc) is 3.64. The number of fused-ring (bicyclic) bond motifs is 6. The molecule has 10 rings (SSSR count). The van der Waals surface area contributed by atoms with Gasteiger partial charge in [-0.25, -0.2) is 0 Å². The Morgan fingerprint density at radius 2 is 0.962 bits per heavy atom. The summed E-state index contributed by atoms with van der Waals surface area (Å²) in [5, 5.41) is 5.93. The van der Waals surface area contributed by atoms with E-state index in [4.69, 9.17) is 4.42 Å². The van der Waals surface area contributed by atoms with Gasteiger partial charge in [0.1, 0.15) is 11.2 Å². The van der Waals surface area contributed by atoms with Crippen molar-refractivity contribution in [1.29, 1.82) is 0 Å². The van der Waals surface area contributed by atoms with Crippen molar-refractivity contribution in [2.24, 2.45) is 0 Å². The first-order valence-corrected chi connectivity index (χ1v) is 17.4. The van der Waals surface area contributed by atoms with E-state index >= 15 is 0 Å². The Hall–Kier alpha value is -6.90. The molecule has 1 aromatic heterocycles. The summed E-state index contributed by atoms with van der Waals surface area (Å²) in [6.45, 7) is 0. The van der Waals surface area contributed by atoms with Crippen molar-refractivity contribution in [3.63, 3.8) is 0 Å². The van der Waals surface area contributed by atoms with Crippen molar-refractivity contribution < 1.29 is 9.90 Å². The van der Waals surface area contributed by atoms with Crippen molar-refractivity contribution in [2.75, 3.05) is 4.90 Å². The topological polar surface area (TPSA) is 16.4 Å². The highest BCUT2D eigenvalue weighted by atomic mass is 16.3. The zero-order valence-corrected chi connectivity index (χ0v) is 28.1. The lowest BCUT2D eigenvalue weighted by Gasteiger charge is -2.28. The molecule has 0 aliphatic rings. The molecule has 0 bridgehead atoms. The molecule has 1 heterocycles. The van der Waals surface area contributed by atoms with Gasteiger partial charge in [0.05, 0.1) is 11.2 Å². The van der Waals surface area contributed by atoms with Crippen LogP contribution in [0.1, 0.15) is 5.48 Å². The van der Waals surface area contributed by atoms with Crippen LogP contribution < -0.4 is 4.90 Å². The van der Waals surface area contributed by atoms with Gasteiger partial charge in [0, 0.05) is 33.1 Å². The third kappa shape index (κ3) is 5.04. The summed E-state index contributed by atoms with van der Waals surface area (Å²) < 4.78 is 44.7. The highest BCUT2D eigenvalue weighted by Crippen LogP contribution is 2.45. The predicted molar refractivity (Wildman–Crippen MR) is 220 cm³/mol. The van der Waals surface area contributed by atoms with Gasteiger partial charge >= 0.3 is 0 Å². The molecule has 0 unspecified atom stereocenters. The van der Waals surface area contributed by atoms with Crippen molar-refractivity contribution in [1.82, 2.24) is 0 Å². The number of rotatable bonds is 6. The molecule has 0 aliphatic carbocycles. The molecule has 2 heteroatoms. The first kappa shape index (κ1) is 26.0. The molecule has 9 aromatic carbocycles. The third-order valence-electron chi connectivity index (χ3n) is 9.96. The Labute approximate surface area is 308 Å². The molecular weight excluding hydrogens is 631 g/mol. The van der Waals surface area contributed by atoms with Crippen LogP contribution in [-0.4, -0.2) is 0 Å². The van der Waals surface area contributed by atoms with E-state index in [2.05, 4.69) is 48.5 Å². The van der Waals surface area contributed by atoms with Gasteiger partial charge in [-0.2, -0.15) is 0 Å². The fraction of sp³-hybridized carbons (Fsp3) is 0. The summed E-state index contributed by atoms with van der Waals surface area (Å²) in [6.07, 6.45) is 0. The van der Waals surface area contributed by atoms with E-state index in [9.17, 15) is 5.48 Å². The van der Waals surface area contributed by atoms with Gasteiger partial charge in [0.15, 0.2) is 0 Å². The van der Waals surface area contributed by atoms with E-state index in [0.717, 1.165) is 71.4 Å². The second-order valence-corrected chi connectivity index (χ2v) is 13.0. The number of furan rings is 1. The summed E-state index contributed by atoms with van der Waals surface area (Å²) in [5.41, 5.74) is 8.11. The van der Waals surface area contributed by atoms with E-state index in [1.54, 1.807) is 0 Å². The van der Waals surface area contributed by atoms with E-state index in [1.165, 1.54) is 0 Å². The Balaban J connectivity index is 1.22. The van der Waals surface area contributed by atoms with E-state index in [1.807, 2.05) is 132 Å². The first-order chi connectivity index (χ1) is 27.5. The molecule has 2 nitrogen and oxygen atoms in total. The zero-order valence-electron chi connectivity index (χ0n) is 32.1. The molecule has 0 saturated heterocycles. The molecule has 10 aromatic rings. The van der Waals surface area contributed by atoms with Crippen molar-refractivity contribution in [2.45, 2.75) is 0 Å². The number of para-hydroxylation sites is 2. The van der Waals surface area contributed by atoms with Crippen LogP contribution in [0, 0.1) is 0 Å². The van der Waals surface area contributed by atoms with Gasteiger partial charge in [-0.15, -0.1) is 0 Å². The Morgan fingerprint density at radius 3 is 1.83 bits per heavy atom. The zero-order chi connectivity index (χ0) is 37.9. The second-order valence-electron chi connectivity index (χ2n) is 13.0. The van der Waals surface area contributed by atoms with Crippen LogP contribution in [0.2, 0.25) is 0 Å². The van der Waals surface area contributed by atoms with Crippen LogP contribution in [0.3, 0.4) is 0 Å². The monoisotopic (exact) mass is 667 g/mol. The van der Waals surface area contributed by atoms with E-state index in [0.29, 0.717) is 11.3 Å². The molecular formula is C50H33NO. The van der Waals surface area contributed by atoms with Crippen LogP contribution in [0.5, 0.6) is 0 Å². The molecule has 0 amide bonds. The molecule has 0 atom stereocenters. The lowest BCUT2D eigenvalue weighted by Crippen LogP contribution is -2.11. The fourth-order valence-corrected chi connectivity index (χ4v) is 7.49. The van der Waals surface area contributed by atoms with Crippen molar-refractivity contribution in [3.8, 4) is 33.4 Å². The third-order valence-corrected chi connectivity index (χ3v) is 9.96. The van der Waals surface area contributed by atoms with Crippen LogP contribution in [-0.2, 0) is 0 Å². The fourth-order valence-electron chi connectivity index (χ4n) is 7.49. The largest absolute Gasteiger partial charge is 0.455 e. The van der Waals surface area contributed by atoms with E-state index < -0.39 is 0 Å². The Morgan fingerprint density at radius 1 is 0.365 bits per heavy atom. The smallest absolute Gasteiger partial charge is 0.143 e. The Bertz CT molecular complexity index is 3100. The average molecular weight is 668 g/mol. The molecule has 0 radical (unpaired) electrons. The summed E-state index contributed by atoms with van der Waals surface area (Å²) >= 11 is 0. The maximum absolute atomic E-state index is 9.64. The number of hydrogen-bond acceptors (Lipinski definition) is 2. The SMILES string of the molecule is [2H]c1c([2H])c(N(c2ccc(-c3ccccc3)cc2)c2ccccc2-c2cccc3c2ccc2c4ccccc4oc32)c([2H])c([2H])c1-c1cccc2ccccc12. The van der Waals surface area contributed by atoms with Gasteiger partial charge in [-0.05, 0) is 86.4 Å². The molecule has 0 N–H and O–H groups in total. The Kier molecular flexibility index (Phi) is 6.22. The van der Waals surface area contributed by atoms with Crippen LogP contribution in [0.15, 0.2) is 205 Å². The van der Waals surface area contributed by atoms with Gasteiger partial charge in [-0.1, -0.05) is 158 Å². The summed E-state index contributed by atoms with van der Waals surface area (Å²) in [6, 6.07) is 57.9. The van der Waals surface area contributed by atoms with Gasteiger partial charge in [0.2, 0.25) is 0 Å². The molecule has 0 aliphatic heterocycles. The highest BCUT2D eigenvalue weighted by molar-refractivity contribution is 6.18. The minimum atomic E-state index is -0.127. The van der Waals surface area contributed by atoms with Gasteiger partial charge in [-0.3, -0.25) is 0 Å². The molecule has 0 spiro atoms. The summed E-state index contributed by atoms with van der Waals surface area (Å²) in [5.74, 6) is 0. The van der Waals surface area contributed by atoms with Crippen LogP contribution in [0.4, 0.5) is 17.1 Å². The van der Waals surface area contributed by atoms with Gasteiger partial charge < -0.3 is 9.32 Å². The van der Waals surface area contributed by atoms with Gasteiger partial charge in [0.25, 0.3) is 0 Å². The maximum atomic E-state index is 9.64. The molecule has 0 saturated carbocycles. The normalized spacial score (nSPS) is 12.5. The number of nitrogens with zero attached hydrogens (tertiary/aromatic N) is 1. The number of hydrogen-bond donors (Lipinski definition) is 0. The second kappa shape index (κ2) is 12.5. The number of benzene rings is 9. The quantitative estimate of drug-likeness (QED) is 0.175. The molecule has 244 valence electrons. The lowest BCUT2D eigenvalue weighted by molar-refractivity contribution is 0.672. The lowest BCUT2D eigenvalue weighted by atomic mass is 9.94.